The molecule has 192 valence electrons. The van der Waals surface area contributed by atoms with E-state index >= 15 is 0 Å². The molecule has 1 aromatic heterocycles. The van der Waals surface area contributed by atoms with Crippen LogP contribution in [0.1, 0.15) is 42.4 Å². The molecule has 0 amide bonds. The molecule has 2 heterocycles. The molecule has 5 heteroatoms. The molecule has 0 N–H and O–H groups in total. The Hall–Kier alpha value is -2.89. The second-order valence-corrected chi connectivity index (χ2v) is 9.90. The van der Waals surface area contributed by atoms with Gasteiger partial charge in [-0.3, -0.25) is 4.98 Å². The van der Waals surface area contributed by atoms with Crippen molar-refractivity contribution in [2.24, 2.45) is 0 Å². The molecular formula is C31H41N3O2. The van der Waals surface area contributed by atoms with E-state index in [0.29, 0.717) is 6.61 Å². The smallest absolute Gasteiger partial charge is 0.122 e. The highest BCUT2D eigenvalue weighted by molar-refractivity contribution is 5.74. The number of hydrogen-bond acceptors (Lipinski definition) is 5. The predicted octanol–water partition coefficient (Wildman–Crippen LogP) is 6.13. The maximum absolute atomic E-state index is 6.23. The van der Waals surface area contributed by atoms with Crippen LogP contribution < -0.4 is 9.47 Å². The lowest BCUT2D eigenvalue weighted by Gasteiger charge is -2.19. The van der Waals surface area contributed by atoms with Gasteiger partial charge in [-0.25, -0.2) is 0 Å². The average molecular weight is 488 g/mol. The predicted molar refractivity (Wildman–Crippen MR) is 148 cm³/mol. The maximum Gasteiger partial charge on any atom is 0.122 e. The van der Waals surface area contributed by atoms with E-state index in [2.05, 4.69) is 84.2 Å². The molecule has 2 aromatic carbocycles. The number of ether oxygens (including phenoxy) is 2. The molecule has 1 aliphatic heterocycles. The van der Waals surface area contributed by atoms with Crippen molar-refractivity contribution in [2.75, 3.05) is 46.4 Å². The zero-order chi connectivity index (χ0) is 25.2. The van der Waals surface area contributed by atoms with Crippen molar-refractivity contribution in [1.29, 1.82) is 0 Å². The second-order valence-electron chi connectivity index (χ2n) is 9.90. The third-order valence-corrected chi connectivity index (χ3v) is 7.08. The average Bonchev–Trinajstić information content (AvgIpc) is 3.41. The minimum Gasteiger partial charge on any atom is -0.493 e. The van der Waals surface area contributed by atoms with Gasteiger partial charge in [0.2, 0.25) is 0 Å². The zero-order valence-corrected chi connectivity index (χ0v) is 22.2. The first kappa shape index (κ1) is 26.2. The van der Waals surface area contributed by atoms with Crippen LogP contribution >= 0.6 is 0 Å². The van der Waals surface area contributed by atoms with Crippen LogP contribution in [0.2, 0.25) is 0 Å². The molecule has 0 radical (unpaired) electrons. The molecule has 0 saturated carbocycles. The summed E-state index contributed by atoms with van der Waals surface area (Å²) in [4.78, 5) is 8.96. The summed E-state index contributed by atoms with van der Waals surface area (Å²) in [5.74, 6) is 1.94. The van der Waals surface area contributed by atoms with E-state index in [-0.39, 0.29) is 0 Å². The fraction of sp³-hybridized carbons (Fsp3) is 0.452. The van der Waals surface area contributed by atoms with Crippen LogP contribution in [-0.2, 0) is 6.54 Å². The SMILES string of the molecule is Cc1c(OCCCN(C)Cc2ccncc2)cccc1-c1cccc(OCCCN2CCCC2)c1C. The molecule has 3 aromatic rings. The monoisotopic (exact) mass is 487 g/mol. The summed E-state index contributed by atoms with van der Waals surface area (Å²) in [5, 5.41) is 0. The van der Waals surface area contributed by atoms with Crippen molar-refractivity contribution in [3.63, 3.8) is 0 Å². The van der Waals surface area contributed by atoms with E-state index in [9.17, 15) is 0 Å². The number of benzene rings is 2. The summed E-state index contributed by atoms with van der Waals surface area (Å²) in [6, 6.07) is 16.9. The molecule has 0 spiro atoms. The molecular weight excluding hydrogens is 446 g/mol. The molecule has 4 rings (SSSR count). The van der Waals surface area contributed by atoms with Gasteiger partial charge in [-0.15, -0.1) is 0 Å². The van der Waals surface area contributed by atoms with Crippen molar-refractivity contribution in [3.8, 4) is 22.6 Å². The highest BCUT2D eigenvalue weighted by Gasteiger charge is 2.14. The Bertz CT molecular complexity index is 1080. The summed E-state index contributed by atoms with van der Waals surface area (Å²) in [5.41, 5.74) is 6.08. The second kappa shape index (κ2) is 13.4. The Morgan fingerprint density at radius 1 is 0.806 bits per heavy atom. The highest BCUT2D eigenvalue weighted by Crippen LogP contribution is 2.35. The Labute approximate surface area is 217 Å². The topological polar surface area (TPSA) is 37.8 Å². The van der Waals surface area contributed by atoms with Gasteiger partial charge in [-0.05, 0) is 112 Å². The van der Waals surface area contributed by atoms with Crippen molar-refractivity contribution in [2.45, 2.75) is 46.1 Å². The number of aromatic nitrogens is 1. The molecule has 1 aliphatic rings. The lowest BCUT2D eigenvalue weighted by Crippen LogP contribution is -2.22. The normalized spacial score (nSPS) is 13.9. The van der Waals surface area contributed by atoms with Gasteiger partial charge in [-0.1, -0.05) is 24.3 Å². The quantitative estimate of drug-likeness (QED) is 0.271. The summed E-state index contributed by atoms with van der Waals surface area (Å²) in [7, 11) is 2.15. The van der Waals surface area contributed by atoms with Gasteiger partial charge in [0.05, 0.1) is 13.2 Å². The van der Waals surface area contributed by atoms with Gasteiger partial charge in [0.15, 0.2) is 0 Å². The zero-order valence-electron chi connectivity index (χ0n) is 22.2. The van der Waals surface area contributed by atoms with E-state index in [4.69, 9.17) is 9.47 Å². The van der Waals surface area contributed by atoms with Gasteiger partial charge in [0.1, 0.15) is 11.5 Å². The minimum absolute atomic E-state index is 0.699. The Morgan fingerprint density at radius 2 is 1.39 bits per heavy atom. The molecule has 0 aliphatic carbocycles. The molecule has 0 bridgehead atoms. The van der Waals surface area contributed by atoms with Crippen LogP contribution in [0.4, 0.5) is 0 Å². The largest absolute Gasteiger partial charge is 0.493 e. The lowest BCUT2D eigenvalue weighted by atomic mass is 9.95. The van der Waals surface area contributed by atoms with Gasteiger partial charge >= 0.3 is 0 Å². The van der Waals surface area contributed by atoms with E-state index < -0.39 is 0 Å². The number of nitrogens with zero attached hydrogens (tertiary/aromatic N) is 3. The van der Waals surface area contributed by atoms with Crippen LogP contribution in [0, 0.1) is 13.8 Å². The summed E-state index contributed by atoms with van der Waals surface area (Å²) < 4.78 is 12.4. The first-order valence-electron chi connectivity index (χ1n) is 13.4. The Kier molecular flexibility index (Phi) is 9.76. The van der Waals surface area contributed by atoms with Gasteiger partial charge < -0.3 is 19.3 Å². The summed E-state index contributed by atoms with van der Waals surface area (Å²) in [6.07, 6.45) is 8.43. The van der Waals surface area contributed by atoms with Crippen LogP contribution in [0.5, 0.6) is 11.5 Å². The molecule has 0 unspecified atom stereocenters. The first-order valence-corrected chi connectivity index (χ1v) is 13.4. The van der Waals surface area contributed by atoms with E-state index in [1.54, 1.807) is 0 Å². The van der Waals surface area contributed by atoms with E-state index in [1.165, 1.54) is 53.7 Å². The van der Waals surface area contributed by atoms with E-state index in [1.807, 2.05) is 12.4 Å². The fourth-order valence-corrected chi connectivity index (χ4v) is 5.00. The van der Waals surface area contributed by atoms with Crippen LogP contribution in [0.25, 0.3) is 11.1 Å². The van der Waals surface area contributed by atoms with Gasteiger partial charge in [0, 0.05) is 32.0 Å². The number of likely N-dealkylation sites (tertiary alicyclic amines) is 1. The Balaban J connectivity index is 1.30. The number of hydrogen-bond donors (Lipinski definition) is 0. The first-order chi connectivity index (χ1) is 17.6. The van der Waals surface area contributed by atoms with Crippen molar-refractivity contribution in [1.82, 2.24) is 14.8 Å². The van der Waals surface area contributed by atoms with Gasteiger partial charge in [-0.2, -0.15) is 0 Å². The molecule has 5 nitrogen and oxygen atoms in total. The highest BCUT2D eigenvalue weighted by atomic mass is 16.5. The third-order valence-electron chi connectivity index (χ3n) is 7.08. The number of pyridine rings is 1. The molecule has 1 fully saturated rings. The molecule has 1 saturated heterocycles. The van der Waals surface area contributed by atoms with E-state index in [0.717, 1.165) is 50.6 Å². The van der Waals surface area contributed by atoms with Crippen LogP contribution in [0.3, 0.4) is 0 Å². The molecule has 0 atom stereocenters. The fourth-order valence-electron chi connectivity index (χ4n) is 5.00. The third kappa shape index (κ3) is 7.31. The van der Waals surface area contributed by atoms with Gasteiger partial charge in [0.25, 0.3) is 0 Å². The van der Waals surface area contributed by atoms with Crippen molar-refractivity contribution < 1.29 is 9.47 Å². The van der Waals surface area contributed by atoms with Crippen molar-refractivity contribution >= 4 is 0 Å². The number of rotatable bonds is 13. The summed E-state index contributed by atoms with van der Waals surface area (Å²) >= 11 is 0. The Morgan fingerprint density at radius 3 is 2.00 bits per heavy atom. The lowest BCUT2D eigenvalue weighted by molar-refractivity contribution is 0.258. The molecule has 36 heavy (non-hydrogen) atoms. The summed E-state index contributed by atoms with van der Waals surface area (Å²) in [6.45, 7) is 11.3. The van der Waals surface area contributed by atoms with Crippen molar-refractivity contribution in [3.05, 3.63) is 77.6 Å². The standard InChI is InChI=1S/C31H41N3O2/c1-25-28(29-11-7-13-31(26(29)2)36-23-9-21-34-19-4-5-20-34)10-6-12-30(25)35-22-8-18-33(3)24-27-14-16-32-17-15-27/h6-7,10-17H,4-5,8-9,18-24H2,1-3H3. The minimum atomic E-state index is 0.699. The maximum atomic E-state index is 6.23. The van der Waals surface area contributed by atoms with Crippen LogP contribution in [-0.4, -0.2) is 61.2 Å². The van der Waals surface area contributed by atoms with Crippen LogP contribution in [0.15, 0.2) is 60.9 Å².